The first-order valence-electron chi connectivity index (χ1n) is 5.96. The number of rotatable bonds is 1. The van der Waals surface area contributed by atoms with Crippen molar-refractivity contribution in [2.45, 2.75) is 57.4 Å². The van der Waals surface area contributed by atoms with Gasteiger partial charge in [-0.25, -0.2) is 8.78 Å². The van der Waals surface area contributed by atoms with Crippen LogP contribution in [0.25, 0.3) is 0 Å². The fraction of sp³-hybridized carbons (Fsp3) is 0.917. The lowest BCUT2D eigenvalue weighted by molar-refractivity contribution is -0.120. The molecule has 92 valence electrons. The minimum atomic E-state index is -2.48. The Morgan fingerprint density at radius 2 is 1.88 bits per heavy atom. The summed E-state index contributed by atoms with van der Waals surface area (Å²) in [6, 6.07) is 0. The molecule has 0 heterocycles. The molecule has 2 saturated carbocycles. The Morgan fingerprint density at radius 1 is 1.25 bits per heavy atom. The molecular formula is C12H19F2NO. The van der Waals surface area contributed by atoms with Crippen molar-refractivity contribution in [3.63, 3.8) is 0 Å². The number of amides is 1. The lowest BCUT2D eigenvalue weighted by Gasteiger charge is -2.31. The van der Waals surface area contributed by atoms with Crippen molar-refractivity contribution in [2.75, 3.05) is 0 Å². The maximum absolute atomic E-state index is 13.3. The van der Waals surface area contributed by atoms with E-state index in [-0.39, 0.29) is 30.2 Å². The van der Waals surface area contributed by atoms with Crippen LogP contribution in [0.5, 0.6) is 0 Å². The molecule has 0 aromatic heterocycles. The fourth-order valence-electron chi connectivity index (χ4n) is 3.56. The van der Waals surface area contributed by atoms with Crippen molar-refractivity contribution in [1.29, 1.82) is 0 Å². The van der Waals surface area contributed by atoms with E-state index in [0.29, 0.717) is 18.8 Å². The number of fused-ring (bicyclic) bond motifs is 1. The molecule has 2 rings (SSSR count). The largest absolute Gasteiger partial charge is 0.351 e. The van der Waals surface area contributed by atoms with Gasteiger partial charge in [0.05, 0.1) is 0 Å². The quantitative estimate of drug-likeness (QED) is 0.738. The molecule has 2 fully saturated rings. The first-order chi connectivity index (χ1) is 7.30. The van der Waals surface area contributed by atoms with Gasteiger partial charge in [0.1, 0.15) is 0 Å². The van der Waals surface area contributed by atoms with E-state index >= 15 is 0 Å². The van der Waals surface area contributed by atoms with Crippen molar-refractivity contribution in [3.8, 4) is 0 Å². The fourth-order valence-corrected chi connectivity index (χ4v) is 3.56. The lowest BCUT2D eigenvalue weighted by atomic mass is 9.80. The van der Waals surface area contributed by atoms with E-state index in [4.69, 9.17) is 0 Å². The number of carbonyl (C=O) groups is 1. The van der Waals surface area contributed by atoms with Gasteiger partial charge in [0.15, 0.2) is 0 Å². The maximum Gasteiger partial charge on any atom is 0.248 e. The Hall–Kier alpha value is -0.670. The predicted molar refractivity (Wildman–Crippen MR) is 57.2 cm³/mol. The van der Waals surface area contributed by atoms with Gasteiger partial charge in [-0.2, -0.15) is 0 Å². The van der Waals surface area contributed by atoms with Crippen LogP contribution in [0.4, 0.5) is 8.78 Å². The summed E-state index contributed by atoms with van der Waals surface area (Å²) < 4.78 is 26.5. The van der Waals surface area contributed by atoms with Gasteiger partial charge in [-0.3, -0.25) is 4.79 Å². The molecule has 0 saturated heterocycles. The Balaban J connectivity index is 2.03. The summed E-state index contributed by atoms with van der Waals surface area (Å²) in [5.41, 5.74) is -0.262. The number of alkyl halides is 2. The van der Waals surface area contributed by atoms with Crippen LogP contribution in [0.15, 0.2) is 0 Å². The second-order valence-electron chi connectivity index (χ2n) is 5.77. The van der Waals surface area contributed by atoms with Gasteiger partial charge in [-0.05, 0) is 38.0 Å². The van der Waals surface area contributed by atoms with Gasteiger partial charge in [-0.15, -0.1) is 0 Å². The minimum absolute atomic E-state index is 0.00679. The molecule has 0 radical (unpaired) electrons. The number of nitrogens with one attached hydrogen (secondary N) is 1. The zero-order valence-electron chi connectivity index (χ0n) is 9.85. The number of hydrogen-bond donors (Lipinski definition) is 1. The standard InChI is InChI=1S/C12H19F2NO/c1-8(16)15-11(2)5-9-3-4-12(13,14)7-10(9)6-11/h9-10H,3-7H2,1-2H3,(H,15,16)/t9-,10-,11?/m1/s1. The van der Waals surface area contributed by atoms with Crippen molar-refractivity contribution < 1.29 is 13.6 Å². The van der Waals surface area contributed by atoms with Gasteiger partial charge >= 0.3 is 0 Å². The molecule has 0 aliphatic heterocycles. The number of carbonyl (C=O) groups excluding carboxylic acids is 1. The van der Waals surface area contributed by atoms with Gasteiger partial charge in [0.2, 0.25) is 11.8 Å². The zero-order valence-corrected chi connectivity index (χ0v) is 9.85. The van der Waals surface area contributed by atoms with Gasteiger partial charge in [0.25, 0.3) is 0 Å². The Kier molecular flexibility index (Phi) is 2.71. The summed E-state index contributed by atoms with van der Waals surface area (Å²) in [6.07, 6.45) is 2.18. The van der Waals surface area contributed by atoms with E-state index in [2.05, 4.69) is 5.32 Å². The molecule has 1 N–H and O–H groups in total. The van der Waals surface area contributed by atoms with Crippen LogP contribution in [0.1, 0.15) is 46.0 Å². The third-order valence-electron chi connectivity index (χ3n) is 4.01. The van der Waals surface area contributed by atoms with Crippen LogP contribution >= 0.6 is 0 Å². The average Bonchev–Trinajstić information content (AvgIpc) is 2.36. The second kappa shape index (κ2) is 3.67. The van der Waals surface area contributed by atoms with Crippen molar-refractivity contribution in [2.24, 2.45) is 11.8 Å². The highest BCUT2D eigenvalue weighted by molar-refractivity contribution is 5.73. The number of hydrogen-bond acceptors (Lipinski definition) is 1. The average molecular weight is 231 g/mol. The second-order valence-corrected chi connectivity index (χ2v) is 5.77. The first-order valence-corrected chi connectivity index (χ1v) is 5.96. The molecule has 0 spiro atoms. The normalized spacial score (nSPS) is 41.5. The summed E-state index contributed by atoms with van der Waals surface area (Å²) in [7, 11) is 0. The topological polar surface area (TPSA) is 29.1 Å². The highest BCUT2D eigenvalue weighted by atomic mass is 19.3. The molecule has 2 nitrogen and oxygen atoms in total. The molecule has 0 bridgehead atoms. The van der Waals surface area contributed by atoms with Crippen molar-refractivity contribution in [1.82, 2.24) is 5.32 Å². The molecule has 2 aliphatic carbocycles. The van der Waals surface area contributed by atoms with E-state index in [1.54, 1.807) is 0 Å². The summed E-state index contributed by atoms with van der Waals surface area (Å²) in [5.74, 6) is -2.09. The Labute approximate surface area is 94.8 Å². The summed E-state index contributed by atoms with van der Waals surface area (Å²) in [4.78, 5) is 11.1. The van der Waals surface area contributed by atoms with Crippen LogP contribution in [-0.4, -0.2) is 17.4 Å². The van der Waals surface area contributed by atoms with E-state index in [9.17, 15) is 13.6 Å². The highest BCUT2D eigenvalue weighted by Gasteiger charge is 2.49. The lowest BCUT2D eigenvalue weighted by Crippen LogP contribution is -2.43. The minimum Gasteiger partial charge on any atom is -0.351 e. The molecule has 4 heteroatoms. The third-order valence-corrected chi connectivity index (χ3v) is 4.01. The monoisotopic (exact) mass is 231 g/mol. The predicted octanol–water partition coefficient (Wildman–Crippen LogP) is 2.73. The van der Waals surface area contributed by atoms with Crippen LogP contribution in [0.2, 0.25) is 0 Å². The van der Waals surface area contributed by atoms with Crippen LogP contribution in [0, 0.1) is 11.8 Å². The maximum atomic E-state index is 13.3. The summed E-state index contributed by atoms with van der Waals surface area (Å²) >= 11 is 0. The van der Waals surface area contributed by atoms with E-state index < -0.39 is 5.92 Å². The molecule has 16 heavy (non-hydrogen) atoms. The molecule has 2 aliphatic rings. The molecule has 1 unspecified atom stereocenters. The van der Waals surface area contributed by atoms with E-state index in [1.165, 1.54) is 6.92 Å². The van der Waals surface area contributed by atoms with Crippen LogP contribution in [-0.2, 0) is 4.79 Å². The zero-order chi connectivity index (χ0) is 12.0. The highest BCUT2D eigenvalue weighted by Crippen LogP contribution is 2.51. The molecule has 1 amide bonds. The Bertz CT molecular complexity index is 305. The SMILES string of the molecule is CC(=O)NC1(C)C[C@H]2CCC(F)(F)C[C@H]2C1. The van der Waals surface area contributed by atoms with Crippen LogP contribution < -0.4 is 5.32 Å². The third kappa shape index (κ3) is 2.36. The van der Waals surface area contributed by atoms with Gasteiger partial charge in [-0.1, -0.05) is 0 Å². The Morgan fingerprint density at radius 3 is 2.50 bits per heavy atom. The van der Waals surface area contributed by atoms with Crippen molar-refractivity contribution >= 4 is 5.91 Å². The number of halogens is 2. The summed E-state index contributed by atoms with van der Waals surface area (Å²) in [5, 5.41) is 2.92. The molecule has 0 aromatic carbocycles. The van der Waals surface area contributed by atoms with E-state index in [1.807, 2.05) is 6.92 Å². The van der Waals surface area contributed by atoms with Gasteiger partial charge in [0, 0.05) is 25.3 Å². The van der Waals surface area contributed by atoms with E-state index in [0.717, 1.165) is 6.42 Å². The smallest absolute Gasteiger partial charge is 0.248 e. The summed E-state index contributed by atoms with van der Waals surface area (Å²) in [6.45, 7) is 3.46. The van der Waals surface area contributed by atoms with Crippen molar-refractivity contribution in [3.05, 3.63) is 0 Å². The molecular weight excluding hydrogens is 212 g/mol. The molecule has 0 aromatic rings. The first kappa shape index (κ1) is 11.8. The molecule has 3 atom stereocenters. The van der Waals surface area contributed by atoms with Gasteiger partial charge < -0.3 is 5.32 Å². The van der Waals surface area contributed by atoms with Crippen LogP contribution in [0.3, 0.4) is 0 Å².